The Hall–Kier alpha value is -2.30. The summed E-state index contributed by atoms with van der Waals surface area (Å²) in [7, 11) is 0. The lowest BCUT2D eigenvalue weighted by Crippen LogP contribution is -2.42. The number of hydrogen-bond acceptors (Lipinski definition) is 2. The highest BCUT2D eigenvalue weighted by atomic mass is 16.2. The number of amides is 2. The van der Waals surface area contributed by atoms with Gasteiger partial charge in [-0.15, -0.1) is 0 Å². The van der Waals surface area contributed by atoms with E-state index >= 15 is 0 Å². The Morgan fingerprint density at radius 1 is 1.43 bits per heavy atom. The van der Waals surface area contributed by atoms with Crippen LogP contribution in [-0.2, 0) is 16.0 Å². The summed E-state index contributed by atoms with van der Waals surface area (Å²) in [5.74, 6) is -0.125. The minimum Gasteiger partial charge on any atom is -0.361 e. The molecule has 0 unspecified atom stereocenters. The molecule has 0 aliphatic carbocycles. The first kappa shape index (κ1) is 13.7. The molecule has 2 heterocycles. The van der Waals surface area contributed by atoms with Crippen molar-refractivity contribution in [3.8, 4) is 0 Å². The van der Waals surface area contributed by atoms with E-state index in [-0.39, 0.29) is 17.9 Å². The second kappa shape index (κ2) is 5.60. The maximum absolute atomic E-state index is 11.9. The van der Waals surface area contributed by atoms with Crippen LogP contribution in [0.2, 0.25) is 0 Å². The Bertz CT molecular complexity index is 690. The van der Waals surface area contributed by atoms with Gasteiger partial charge in [-0.1, -0.05) is 12.1 Å². The molecule has 21 heavy (non-hydrogen) atoms. The van der Waals surface area contributed by atoms with Gasteiger partial charge in [-0.3, -0.25) is 9.59 Å². The Kier molecular flexibility index (Phi) is 3.64. The minimum atomic E-state index is -0.359. The maximum atomic E-state index is 11.9. The molecule has 0 spiro atoms. The first-order chi connectivity index (χ1) is 10.1. The third-order valence-corrected chi connectivity index (χ3v) is 4.00. The van der Waals surface area contributed by atoms with Gasteiger partial charge in [-0.2, -0.15) is 0 Å². The van der Waals surface area contributed by atoms with E-state index in [1.807, 2.05) is 12.3 Å². The van der Waals surface area contributed by atoms with Crippen LogP contribution in [0, 0.1) is 6.92 Å². The Labute approximate surface area is 123 Å². The van der Waals surface area contributed by atoms with Crippen molar-refractivity contribution in [2.24, 2.45) is 0 Å². The topological polar surface area (TPSA) is 74.0 Å². The monoisotopic (exact) mass is 285 g/mol. The molecule has 3 rings (SSSR count). The van der Waals surface area contributed by atoms with Crippen LogP contribution in [-0.4, -0.2) is 29.4 Å². The zero-order chi connectivity index (χ0) is 14.8. The normalized spacial score (nSPS) is 18.0. The fourth-order valence-electron chi connectivity index (χ4n) is 2.90. The Balaban J connectivity index is 1.60. The number of aromatic amines is 1. The number of benzene rings is 1. The van der Waals surface area contributed by atoms with Gasteiger partial charge in [-0.25, -0.2) is 0 Å². The molecular formula is C16H19N3O2. The van der Waals surface area contributed by atoms with Crippen LogP contribution in [0.25, 0.3) is 10.9 Å². The molecular weight excluding hydrogens is 266 g/mol. The number of fused-ring (bicyclic) bond motifs is 1. The molecule has 1 atom stereocenters. The van der Waals surface area contributed by atoms with Crippen molar-refractivity contribution >= 4 is 22.7 Å². The van der Waals surface area contributed by atoms with Gasteiger partial charge in [0.1, 0.15) is 6.04 Å². The van der Waals surface area contributed by atoms with Crippen molar-refractivity contribution in [3.63, 3.8) is 0 Å². The van der Waals surface area contributed by atoms with Crippen LogP contribution in [0.3, 0.4) is 0 Å². The van der Waals surface area contributed by atoms with E-state index in [4.69, 9.17) is 0 Å². The average Bonchev–Trinajstić information content (AvgIpc) is 3.06. The Morgan fingerprint density at radius 2 is 2.29 bits per heavy atom. The molecule has 1 saturated heterocycles. The van der Waals surface area contributed by atoms with E-state index in [1.165, 1.54) is 16.5 Å². The predicted octanol–water partition coefficient (Wildman–Crippen LogP) is 1.41. The molecule has 0 saturated carbocycles. The van der Waals surface area contributed by atoms with Crippen molar-refractivity contribution in [3.05, 3.63) is 35.5 Å². The third kappa shape index (κ3) is 2.77. The molecule has 1 aliphatic rings. The van der Waals surface area contributed by atoms with Crippen molar-refractivity contribution < 1.29 is 9.59 Å². The molecule has 2 aromatic rings. The summed E-state index contributed by atoms with van der Waals surface area (Å²) in [4.78, 5) is 26.3. The van der Waals surface area contributed by atoms with Gasteiger partial charge in [-0.05, 0) is 37.0 Å². The van der Waals surface area contributed by atoms with Gasteiger partial charge in [0, 0.05) is 30.1 Å². The molecule has 3 N–H and O–H groups in total. The summed E-state index contributed by atoms with van der Waals surface area (Å²) in [6.07, 6.45) is 3.81. The van der Waals surface area contributed by atoms with Gasteiger partial charge in [0.2, 0.25) is 11.8 Å². The van der Waals surface area contributed by atoms with Crippen molar-refractivity contribution in [2.45, 2.75) is 32.2 Å². The molecule has 110 valence electrons. The summed E-state index contributed by atoms with van der Waals surface area (Å²) in [5.41, 5.74) is 3.57. The molecule has 1 fully saturated rings. The van der Waals surface area contributed by atoms with E-state index in [2.05, 4.69) is 34.7 Å². The highest BCUT2D eigenvalue weighted by molar-refractivity contribution is 5.91. The SMILES string of the molecule is Cc1cccc2[nH]cc(CCNC(=O)[C@@H]3CCC(=O)N3)c12. The van der Waals surface area contributed by atoms with Crippen LogP contribution in [0.5, 0.6) is 0 Å². The molecule has 2 amide bonds. The summed E-state index contributed by atoms with van der Waals surface area (Å²) in [6.45, 7) is 2.67. The van der Waals surface area contributed by atoms with Crippen molar-refractivity contribution in [2.75, 3.05) is 6.54 Å². The number of H-pyrrole nitrogens is 1. The fourth-order valence-corrected chi connectivity index (χ4v) is 2.90. The highest BCUT2D eigenvalue weighted by Crippen LogP contribution is 2.22. The average molecular weight is 285 g/mol. The second-order valence-corrected chi connectivity index (χ2v) is 5.51. The van der Waals surface area contributed by atoms with Gasteiger partial charge in [0.15, 0.2) is 0 Å². The third-order valence-electron chi connectivity index (χ3n) is 4.00. The van der Waals surface area contributed by atoms with E-state index < -0.39 is 0 Å². The van der Waals surface area contributed by atoms with E-state index in [0.717, 1.165) is 11.9 Å². The van der Waals surface area contributed by atoms with E-state index in [1.54, 1.807) is 0 Å². The lowest BCUT2D eigenvalue weighted by molar-refractivity contribution is -0.125. The van der Waals surface area contributed by atoms with Crippen LogP contribution in [0.4, 0.5) is 0 Å². The number of carbonyl (C=O) groups excluding carboxylic acids is 2. The lowest BCUT2D eigenvalue weighted by atomic mass is 10.1. The second-order valence-electron chi connectivity index (χ2n) is 5.51. The van der Waals surface area contributed by atoms with Gasteiger partial charge < -0.3 is 15.6 Å². The van der Waals surface area contributed by atoms with Crippen LogP contribution >= 0.6 is 0 Å². The fraction of sp³-hybridized carbons (Fsp3) is 0.375. The molecule has 1 aliphatic heterocycles. The zero-order valence-electron chi connectivity index (χ0n) is 12.0. The maximum Gasteiger partial charge on any atom is 0.242 e. The molecule has 5 nitrogen and oxygen atoms in total. The van der Waals surface area contributed by atoms with Gasteiger partial charge >= 0.3 is 0 Å². The van der Waals surface area contributed by atoms with Crippen molar-refractivity contribution in [1.29, 1.82) is 0 Å². The van der Waals surface area contributed by atoms with Crippen LogP contribution in [0.15, 0.2) is 24.4 Å². The number of carbonyl (C=O) groups is 2. The standard InChI is InChI=1S/C16H19N3O2/c1-10-3-2-4-12-15(10)11(9-18-12)7-8-17-16(21)13-5-6-14(20)19-13/h2-4,9,13,18H,5-8H2,1H3,(H,17,21)(H,19,20)/t13-/m0/s1. The van der Waals surface area contributed by atoms with Crippen LogP contribution in [0.1, 0.15) is 24.0 Å². The molecule has 0 bridgehead atoms. The predicted molar refractivity (Wildman–Crippen MR) is 80.9 cm³/mol. The van der Waals surface area contributed by atoms with Crippen molar-refractivity contribution in [1.82, 2.24) is 15.6 Å². The van der Waals surface area contributed by atoms with E-state index in [9.17, 15) is 9.59 Å². The lowest BCUT2D eigenvalue weighted by Gasteiger charge is -2.10. The van der Waals surface area contributed by atoms with E-state index in [0.29, 0.717) is 19.4 Å². The molecule has 5 heteroatoms. The molecule has 1 aromatic carbocycles. The van der Waals surface area contributed by atoms with Gasteiger partial charge in [0.25, 0.3) is 0 Å². The Morgan fingerprint density at radius 3 is 3.05 bits per heavy atom. The zero-order valence-corrected chi connectivity index (χ0v) is 12.0. The number of rotatable bonds is 4. The largest absolute Gasteiger partial charge is 0.361 e. The quantitative estimate of drug-likeness (QED) is 0.794. The summed E-state index contributed by atoms with van der Waals surface area (Å²) in [5, 5.41) is 6.82. The molecule has 0 radical (unpaired) electrons. The highest BCUT2D eigenvalue weighted by Gasteiger charge is 2.26. The number of aryl methyl sites for hydroxylation is 1. The number of aromatic nitrogens is 1. The summed E-state index contributed by atoms with van der Waals surface area (Å²) < 4.78 is 0. The molecule has 1 aromatic heterocycles. The minimum absolute atomic E-state index is 0.0394. The van der Waals surface area contributed by atoms with Gasteiger partial charge in [0.05, 0.1) is 0 Å². The first-order valence-electron chi connectivity index (χ1n) is 7.28. The summed E-state index contributed by atoms with van der Waals surface area (Å²) in [6, 6.07) is 5.81. The number of hydrogen-bond donors (Lipinski definition) is 3. The number of nitrogens with one attached hydrogen (secondary N) is 3. The smallest absolute Gasteiger partial charge is 0.242 e. The first-order valence-corrected chi connectivity index (χ1v) is 7.28. The van der Waals surface area contributed by atoms with Crippen LogP contribution < -0.4 is 10.6 Å². The summed E-state index contributed by atoms with van der Waals surface area (Å²) >= 11 is 0.